The zero-order valence-electron chi connectivity index (χ0n) is 17.3. The van der Waals surface area contributed by atoms with E-state index >= 15 is 0 Å². The summed E-state index contributed by atoms with van der Waals surface area (Å²) in [7, 11) is 2.96. The molecule has 0 heterocycles. The highest BCUT2D eigenvalue weighted by molar-refractivity contribution is 5.84. The van der Waals surface area contributed by atoms with E-state index in [1.54, 1.807) is 42.5 Å². The largest absolute Gasteiger partial charge is 0.493 e. The van der Waals surface area contributed by atoms with Gasteiger partial charge in [0.25, 0.3) is 5.91 Å². The molecule has 31 heavy (non-hydrogen) atoms. The second-order valence-electron chi connectivity index (χ2n) is 6.12. The van der Waals surface area contributed by atoms with E-state index in [0.717, 1.165) is 0 Å². The minimum absolute atomic E-state index is 0.245. The zero-order chi connectivity index (χ0) is 22.6. The lowest BCUT2D eigenvalue weighted by atomic mass is 10.1. The lowest BCUT2D eigenvalue weighted by Crippen LogP contribution is -2.24. The van der Waals surface area contributed by atoms with E-state index in [9.17, 15) is 9.59 Å². The van der Waals surface area contributed by atoms with Crippen molar-refractivity contribution >= 4 is 18.1 Å². The van der Waals surface area contributed by atoms with Crippen molar-refractivity contribution < 1.29 is 33.6 Å². The maximum atomic E-state index is 12.0. The molecule has 0 saturated carbocycles. The molecule has 164 valence electrons. The number of para-hydroxylation sites is 2. The fraction of sp³-hybridized carbons (Fsp3) is 0.227. The van der Waals surface area contributed by atoms with Crippen LogP contribution < -0.4 is 24.4 Å². The maximum Gasteiger partial charge on any atom is 0.341 e. The number of methoxy groups -OCH3 is 2. The van der Waals surface area contributed by atoms with Crippen LogP contribution in [-0.2, 0) is 16.0 Å². The average molecular weight is 428 g/mol. The summed E-state index contributed by atoms with van der Waals surface area (Å²) in [4.78, 5) is 22.8. The molecule has 9 nitrogen and oxygen atoms in total. The van der Waals surface area contributed by atoms with Gasteiger partial charge in [-0.2, -0.15) is 5.10 Å². The molecule has 0 spiro atoms. The predicted octanol–water partition coefficient (Wildman–Crippen LogP) is 2.42. The number of ether oxygens (including phenoxy) is 4. The molecule has 2 aromatic carbocycles. The molecule has 0 aromatic heterocycles. The fourth-order valence-corrected chi connectivity index (χ4v) is 2.61. The van der Waals surface area contributed by atoms with E-state index in [4.69, 9.17) is 24.1 Å². The highest BCUT2D eigenvalue weighted by Crippen LogP contribution is 2.33. The van der Waals surface area contributed by atoms with Gasteiger partial charge in [0.1, 0.15) is 0 Å². The summed E-state index contributed by atoms with van der Waals surface area (Å²) in [6.45, 7) is 2.95. The first-order valence-corrected chi connectivity index (χ1v) is 9.22. The molecular formula is C22H24N2O7. The summed E-state index contributed by atoms with van der Waals surface area (Å²) >= 11 is 0. The van der Waals surface area contributed by atoms with Crippen molar-refractivity contribution in [2.24, 2.45) is 5.10 Å². The molecule has 0 aliphatic heterocycles. The number of aliphatic carboxylic acids is 1. The Morgan fingerprint density at radius 3 is 2.42 bits per heavy atom. The first kappa shape index (κ1) is 23.3. The molecular weight excluding hydrogens is 404 g/mol. The van der Waals surface area contributed by atoms with E-state index in [-0.39, 0.29) is 6.61 Å². The smallest absolute Gasteiger partial charge is 0.341 e. The number of carboxylic acids is 1. The number of hydrogen-bond acceptors (Lipinski definition) is 7. The molecule has 0 aliphatic rings. The number of carbonyl (C=O) groups excluding carboxylic acids is 1. The second-order valence-corrected chi connectivity index (χ2v) is 6.12. The molecule has 2 rings (SSSR count). The summed E-state index contributed by atoms with van der Waals surface area (Å²) < 4.78 is 21.3. The quantitative estimate of drug-likeness (QED) is 0.303. The minimum Gasteiger partial charge on any atom is -0.493 e. The van der Waals surface area contributed by atoms with Gasteiger partial charge in [-0.1, -0.05) is 18.2 Å². The number of rotatable bonds is 12. The second kappa shape index (κ2) is 11.9. The van der Waals surface area contributed by atoms with Crippen molar-refractivity contribution in [3.63, 3.8) is 0 Å². The number of nitrogens with one attached hydrogen (secondary N) is 1. The van der Waals surface area contributed by atoms with Crippen molar-refractivity contribution in [2.45, 2.75) is 6.42 Å². The Bertz CT molecular complexity index is 957. The molecule has 2 aromatic rings. The van der Waals surface area contributed by atoms with Gasteiger partial charge >= 0.3 is 5.97 Å². The summed E-state index contributed by atoms with van der Waals surface area (Å²) in [5.74, 6) is 0.0620. The van der Waals surface area contributed by atoms with Gasteiger partial charge in [-0.25, -0.2) is 10.2 Å². The van der Waals surface area contributed by atoms with Crippen LogP contribution in [0.5, 0.6) is 23.0 Å². The van der Waals surface area contributed by atoms with Crippen molar-refractivity contribution in [1.29, 1.82) is 0 Å². The Kier molecular flexibility index (Phi) is 8.90. The molecule has 9 heteroatoms. The van der Waals surface area contributed by atoms with Gasteiger partial charge in [0.05, 0.1) is 20.4 Å². The van der Waals surface area contributed by atoms with E-state index < -0.39 is 18.5 Å². The van der Waals surface area contributed by atoms with Crippen molar-refractivity contribution in [1.82, 2.24) is 5.43 Å². The summed E-state index contributed by atoms with van der Waals surface area (Å²) in [6, 6.07) is 10.3. The van der Waals surface area contributed by atoms with Crippen LogP contribution in [0.25, 0.3) is 0 Å². The molecule has 0 radical (unpaired) electrons. The summed E-state index contributed by atoms with van der Waals surface area (Å²) in [5, 5.41) is 12.8. The number of allylic oxidation sites excluding steroid dienone is 1. The van der Waals surface area contributed by atoms with Crippen LogP contribution in [0, 0.1) is 0 Å². The Balaban J connectivity index is 2.05. The summed E-state index contributed by atoms with van der Waals surface area (Å²) in [5.41, 5.74) is 3.66. The Labute approximate surface area is 179 Å². The number of carboxylic acid groups (broad SMARTS) is 1. The first-order valence-electron chi connectivity index (χ1n) is 9.22. The number of hydrogen-bond donors (Lipinski definition) is 2. The van der Waals surface area contributed by atoms with E-state index in [1.807, 2.05) is 0 Å². The van der Waals surface area contributed by atoms with Crippen LogP contribution in [0.2, 0.25) is 0 Å². The van der Waals surface area contributed by atoms with Crippen LogP contribution >= 0.6 is 0 Å². The lowest BCUT2D eigenvalue weighted by Gasteiger charge is -2.14. The minimum atomic E-state index is -1.10. The van der Waals surface area contributed by atoms with Gasteiger partial charge in [-0.3, -0.25) is 4.79 Å². The predicted molar refractivity (Wildman–Crippen MR) is 114 cm³/mol. The monoisotopic (exact) mass is 428 g/mol. The molecule has 1 amide bonds. The van der Waals surface area contributed by atoms with Crippen LogP contribution in [0.15, 0.2) is 54.2 Å². The fourth-order valence-electron chi connectivity index (χ4n) is 2.61. The van der Waals surface area contributed by atoms with Crippen LogP contribution in [0.3, 0.4) is 0 Å². The third-order valence-corrected chi connectivity index (χ3v) is 3.91. The van der Waals surface area contributed by atoms with Crippen molar-refractivity contribution in [3.05, 3.63) is 60.2 Å². The number of nitrogens with zero attached hydrogens (tertiary/aromatic N) is 1. The Morgan fingerprint density at radius 2 is 1.77 bits per heavy atom. The number of benzene rings is 2. The topological polar surface area (TPSA) is 116 Å². The third kappa shape index (κ3) is 7.07. The zero-order valence-corrected chi connectivity index (χ0v) is 17.3. The van der Waals surface area contributed by atoms with E-state index in [2.05, 4.69) is 17.1 Å². The Hall–Kier alpha value is -4.01. The molecule has 0 fully saturated rings. The van der Waals surface area contributed by atoms with Gasteiger partial charge < -0.3 is 24.1 Å². The van der Waals surface area contributed by atoms with Crippen LogP contribution in [-0.4, -0.2) is 50.6 Å². The van der Waals surface area contributed by atoms with Crippen LogP contribution in [0.4, 0.5) is 0 Å². The first-order chi connectivity index (χ1) is 15.0. The van der Waals surface area contributed by atoms with Gasteiger partial charge in [0.15, 0.2) is 36.2 Å². The van der Waals surface area contributed by atoms with Gasteiger partial charge in [0.2, 0.25) is 0 Å². The number of carbonyl (C=O) groups is 2. The van der Waals surface area contributed by atoms with Gasteiger partial charge in [-0.15, -0.1) is 6.58 Å². The highest BCUT2D eigenvalue weighted by Gasteiger charge is 2.14. The third-order valence-electron chi connectivity index (χ3n) is 3.91. The molecule has 0 bridgehead atoms. The molecule has 2 N–H and O–H groups in total. The molecule has 0 atom stereocenters. The molecule has 0 unspecified atom stereocenters. The van der Waals surface area contributed by atoms with Gasteiger partial charge in [-0.05, 0) is 36.2 Å². The van der Waals surface area contributed by atoms with E-state index in [0.29, 0.717) is 40.5 Å². The molecule has 0 aliphatic carbocycles. The highest BCUT2D eigenvalue weighted by atomic mass is 16.5. The average Bonchev–Trinajstić information content (AvgIpc) is 2.76. The number of hydrazone groups is 1. The summed E-state index contributed by atoms with van der Waals surface area (Å²) in [6.07, 6.45) is 3.50. The lowest BCUT2D eigenvalue weighted by molar-refractivity contribution is -0.139. The Morgan fingerprint density at radius 1 is 1.06 bits per heavy atom. The SMILES string of the molecule is C=CCc1cc(/C=N/NC(=O)COc2ccccc2OC)cc(OC)c1OCC(=O)O. The standard InChI is InChI=1S/C22H24N2O7/c1-4-7-16-10-15(11-19(29-3)22(16)31-14-21(26)27)12-23-24-20(25)13-30-18-9-6-5-8-17(18)28-2/h4-6,8-12H,1,7,13-14H2,2-3H3,(H,24,25)(H,26,27)/b23-12+. The van der Waals surface area contributed by atoms with Crippen molar-refractivity contribution in [2.75, 3.05) is 27.4 Å². The maximum absolute atomic E-state index is 12.0. The van der Waals surface area contributed by atoms with Gasteiger partial charge in [0, 0.05) is 5.56 Å². The van der Waals surface area contributed by atoms with Crippen molar-refractivity contribution in [3.8, 4) is 23.0 Å². The van der Waals surface area contributed by atoms with E-state index in [1.165, 1.54) is 20.4 Å². The number of amides is 1. The normalized spacial score (nSPS) is 10.4. The molecule has 0 saturated heterocycles. The van der Waals surface area contributed by atoms with Crippen LogP contribution in [0.1, 0.15) is 11.1 Å².